The van der Waals surface area contributed by atoms with E-state index in [1.165, 1.54) is 19.3 Å². The molecule has 1 spiro atoms. The van der Waals surface area contributed by atoms with Crippen LogP contribution in [0.25, 0.3) is 0 Å². The molecule has 19 heavy (non-hydrogen) atoms. The fourth-order valence-corrected chi connectivity index (χ4v) is 3.74. The Labute approximate surface area is 116 Å². The van der Waals surface area contributed by atoms with Crippen LogP contribution in [0.15, 0.2) is 0 Å². The third-order valence-electron chi connectivity index (χ3n) is 5.03. The van der Waals surface area contributed by atoms with Crippen molar-refractivity contribution in [1.29, 1.82) is 0 Å². The smallest absolute Gasteiger partial charge is 0.254 e. The molecule has 0 bridgehead atoms. The van der Waals surface area contributed by atoms with Crippen LogP contribution in [0.4, 0.5) is 0 Å². The van der Waals surface area contributed by atoms with Crippen LogP contribution in [-0.4, -0.2) is 49.8 Å². The Kier molecular flexibility index (Phi) is 4.21. The molecule has 1 aliphatic carbocycles. The number of rotatable bonds is 3. The van der Waals surface area contributed by atoms with Gasteiger partial charge in [-0.1, -0.05) is 6.42 Å². The monoisotopic (exact) mass is 269 g/mol. The van der Waals surface area contributed by atoms with E-state index in [0.29, 0.717) is 6.10 Å². The third-order valence-corrected chi connectivity index (χ3v) is 5.03. The van der Waals surface area contributed by atoms with Crippen LogP contribution >= 0.6 is 0 Å². The third kappa shape index (κ3) is 2.65. The Bertz CT molecular complexity index is 342. The van der Waals surface area contributed by atoms with Gasteiger partial charge in [0.25, 0.3) is 5.91 Å². The molecule has 2 aliphatic rings. The average Bonchev–Trinajstić information content (AvgIpc) is 2.80. The van der Waals surface area contributed by atoms with Crippen molar-refractivity contribution < 1.29 is 14.3 Å². The SMILES string of the molecule is CO[C@@H]1CCC[C@]12CCCN(C(=O)C(C)(C)OC)C2. The van der Waals surface area contributed by atoms with Crippen LogP contribution in [0.1, 0.15) is 46.0 Å². The minimum atomic E-state index is -0.723. The molecule has 2 fully saturated rings. The molecule has 0 aromatic rings. The predicted molar refractivity (Wildman–Crippen MR) is 74.0 cm³/mol. The van der Waals surface area contributed by atoms with Gasteiger partial charge >= 0.3 is 0 Å². The number of hydrogen-bond acceptors (Lipinski definition) is 3. The molecule has 0 aromatic heterocycles. The Hall–Kier alpha value is -0.610. The van der Waals surface area contributed by atoms with E-state index in [-0.39, 0.29) is 11.3 Å². The van der Waals surface area contributed by atoms with Crippen molar-refractivity contribution in [3.63, 3.8) is 0 Å². The van der Waals surface area contributed by atoms with Gasteiger partial charge in [0.1, 0.15) is 5.60 Å². The Morgan fingerprint density at radius 2 is 1.95 bits per heavy atom. The highest BCUT2D eigenvalue weighted by atomic mass is 16.5. The average molecular weight is 269 g/mol. The first-order valence-electron chi connectivity index (χ1n) is 7.32. The number of methoxy groups -OCH3 is 2. The Morgan fingerprint density at radius 1 is 1.26 bits per heavy atom. The molecule has 0 radical (unpaired) electrons. The van der Waals surface area contributed by atoms with Gasteiger partial charge in [-0.3, -0.25) is 4.79 Å². The van der Waals surface area contributed by atoms with Crippen molar-refractivity contribution in [2.24, 2.45) is 5.41 Å². The van der Waals surface area contributed by atoms with E-state index >= 15 is 0 Å². The number of piperidine rings is 1. The predicted octanol–water partition coefficient (Wildman–Crippen LogP) is 2.22. The van der Waals surface area contributed by atoms with Crippen molar-refractivity contribution in [3.8, 4) is 0 Å². The second-order valence-electron chi connectivity index (χ2n) is 6.52. The van der Waals surface area contributed by atoms with Gasteiger partial charge in [0.05, 0.1) is 6.10 Å². The van der Waals surface area contributed by atoms with Gasteiger partial charge in [-0.25, -0.2) is 0 Å². The molecule has 2 rings (SSSR count). The highest BCUT2D eigenvalue weighted by Crippen LogP contribution is 2.46. The zero-order chi connectivity index (χ0) is 14.1. The lowest BCUT2D eigenvalue weighted by Gasteiger charge is -2.45. The molecule has 1 aliphatic heterocycles. The zero-order valence-corrected chi connectivity index (χ0v) is 12.7. The summed E-state index contributed by atoms with van der Waals surface area (Å²) in [5.41, 5.74) is -0.536. The first-order valence-corrected chi connectivity index (χ1v) is 7.32. The van der Waals surface area contributed by atoms with Crippen LogP contribution in [0, 0.1) is 5.41 Å². The molecule has 1 saturated heterocycles. The van der Waals surface area contributed by atoms with Crippen molar-refractivity contribution in [3.05, 3.63) is 0 Å². The topological polar surface area (TPSA) is 38.8 Å². The maximum Gasteiger partial charge on any atom is 0.254 e. The van der Waals surface area contributed by atoms with E-state index in [0.717, 1.165) is 25.9 Å². The van der Waals surface area contributed by atoms with E-state index < -0.39 is 5.60 Å². The minimum absolute atomic E-state index is 0.107. The van der Waals surface area contributed by atoms with Crippen molar-refractivity contribution in [1.82, 2.24) is 4.90 Å². The number of amides is 1. The lowest BCUT2D eigenvalue weighted by Crippen LogP contribution is -2.55. The molecule has 4 nitrogen and oxygen atoms in total. The number of ether oxygens (including phenoxy) is 2. The van der Waals surface area contributed by atoms with Gasteiger partial charge in [0.2, 0.25) is 0 Å². The zero-order valence-electron chi connectivity index (χ0n) is 12.7. The molecule has 2 atom stereocenters. The molecule has 1 amide bonds. The molecule has 1 saturated carbocycles. The first kappa shape index (κ1) is 14.8. The fraction of sp³-hybridized carbons (Fsp3) is 0.933. The van der Waals surface area contributed by atoms with E-state index in [1.54, 1.807) is 14.2 Å². The molecule has 0 unspecified atom stereocenters. The van der Waals surface area contributed by atoms with E-state index in [4.69, 9.17) is 9.47 Å². The van der Waals surface area contributed by atoms with Gasteiger partial charge in [-0.05, 0) is 39.5 Å². The van der Waals surface area contributed by atoms with Crippen LogP contribution < -0.4 is 0 Å². The standard InChI is InChI=1S/C15H27NO3/c1-14(2,19-4)13(17)16-10-6-9-15(11-16)8-5-7-12(15)18-3/h12H,5-11H2,1-4H3/t12-,15-/m1/s1. The molecule has 110 valence electrons. The molecule has 0 N–H and O–H groups in total. The fourth-order valence-electron chi connectivity index (χ4n) is 3.74. The molecule has 1 heterocycles. The second kappa shape index (κ2) is 5.41. The molecular weight excluding hydrogens is 242 g/mol. The van der Waals surface area contributed by atoms with Crippen molar-refractivity contribution in [2.45, 2.75) is 57.7 Å². The summed E-state index contributed by atoms with van der Waals surface area (Å²) in [6.45, 7) is 5.37. The van der Waals surface area contributed by atoms with Crippen LogP contribution in [0.2, 0.25) is 0 Å². The van der Waals surface area contributed by atoms with Gasteiger partial charge in [0, 0.05) is 32.7 Å². The van der Waals surface area contributed by atoms with Gasteiger partial charge in [-0.15, -0.1) is 0 Å². The normalized spacial score (nSPS) is 32.0. The van der Waals surface area contributed by atoms with Crippen molar-refractivity contribution >= 4 is 5.91 Å². The van der Waals surface area contributed by atoms with E-state index in [1.807, 2.05) is 18.7 Å². The quantitative estimate of drug-likeness (QED) is 0.788. The van der Waals surface area contributed by atoms with Crippen LogP contribution in [0.5, 0.6) is 0 Å². The number of hydrogen-bond donors (Lipinski definition) is 0. The van der Waals surface area contributed by atoms with Crippen molar-refractivity contribution in [2.75, 3.05) is 27.3 Å². The second-order valence-corrected chi connectivity index (χ2v) is 6.52. The first-order chi connectivity index (χ1) is 8.95. The Balaban J connectivity index is 2.11. The summed E-state index contributed by atoms with van der Waals surface area (Å²) in [4.78, 5) is 14.5. The highest BCUT2D eigenvalue weighted by Gasteiger charge is 2.48. The lowest BCUT2D eigenvalue weighted by molar-refractivity contribution is -0.156. The molecular formula is C15H27NO3. The van der Waals surface area contributed by atoms with Gasteiger partial charge in [0.15, 0.2) is 0 Å². The maximum absolute atomic E-state index is 12.5. The highest BCUT2D eigenvalue weighted by molar-refractivity contribution is 5.84. The summed E-state index contributed by atoms with van der Waals surface area (Å²) in [5.74, 6) is 0.107. The molecule has 0 aromatic carbocycles. The molecule has 4 heteroatoms. The maximum atomic E-state index is 12.5. The summed E-state index contributed by atoms with van der Waals surface area (Å²) in [6.07, 6.45) is 6.10. The lowest BCUT2D eigenvalue weighted by atomic mass is 9.76. The largest absolute Gasteiger partial charge is 0.381 e. The summed E-state index contributed by atoms with van der Waals surface area (Å²) < 4.78 is 11.0. The number of nitrogens with zero attached hydrogens (tertiary/aromatic N) is 1. The summed E-state index contributed by atoms with van der Waals surface area (Å²) in [6, 6.07) is 0. The van der Waals surface area contributed by atoms with Gasteiger partial charge < -0.3 is 14.4 Å². The summed E-state index contributed by atoms with van der Waals surface area (Å²) in [7, 11) is 3.41. The van der Waals surface area contributed by atoms with Crippen LogP contribution in [0.3, 0.4) is 0 Å². The number of likely N-dealkylation sites (tertiary alicyclic amines) is 1. The van der Waals surface area contributed by atoms with Gasteiger partial charge in [-0.2, -0.15) is 0 Å². The number of carbonyl (C=O) groups is 1. The number of carbonyl (C=O) groups excluding carboxylic acids is 1. The summed E-state index contributed by atoms with van der Waals surface area (Å²) in [5, 5.41) is 0. The summed E-state index contributed by atoms with van der Waals surface area (Å²) >= 11 is 0. The van der Waals surface area contributed by atoms with E-state index in [2.05, 4.69) is 0 Å². The Morgan fingerprint density at radius 3 is 2.58 bits per heavy atom. The van der Waals surface area contributed by atoms with E-state index in [9.17, 15) is 4.79 Å². The minimum Gasteiger partial charge on any atom is -0.381 e. The van der Waals surface area contributed by atoms with Crippen LogP contribution in [-0.2, 0) is 14.3 Å².